The van der Waals surface area contributed by atoms with E-state index in [0.717, 1.165) is 0 Å². The van der Waals surface area contributed by atoms with Gasteiger partial charge in [0, 0.05) is 0 Å². The summed E-state index contributed by atoms with van der Waals surface area (Å²) in [4.78, 5) is 10.5. The Balaban J connectivity index is 3.01. The Morgan fingerprint density at radius 1 is 1.56 bits per heavy atom. The molecule has 5 heteroatoms. The van der Waals surface area contributed by atoms with Crippen LogP contribution in [0.25, 0.3) is 6.08 Å². The van der Waals surface area contributed by atoms with Crippen molar-refractivity contribution in [3.05, 3.63) is 52.3 Å². The molecule has 0 atom stereocenters. The number of methoxy groups -OCH3 is 1. The molecule has 1 aromatic carbocycles. The van der Waals surface area contributed by atoms with Crippen molar-refractivity contribution in [1.29, 1.82) is 0 Å². The summed E-state index contributed by atoms with van der Waals surface area (Å²) in [6.07, 6.45) is 3.19. The van der Waals surface area contributed by atoms with Gasteiger partial charge < -0.3 is 9.47 Å². The Morgan fingerprint density at radius 3 is 2.83 bits per heavy atom. The molecule has 0 radical (unpaired) electrons. The van der Waals surface area contributed by atoms with Gasteiger partial charge in [0.2, 0.25) is 0 Å². The van der Waals surface area contributed by atoms with E-state index in [1.165, 1.54) is 13.2 Å². The summed E-state index contributed by atoms with van der Waals surface area (Å²) in [6.45, 7) is 6.01. The fourth-order valence-electron chi connectivity index (χ4n) is 1.37. The van der Waals surface area contributed by atoms with E-state index in [2.05, 4.69) is 6.58 Å². The van der Waals surface area contributed by atoms with Crippen molar-refractivity contribution in [2.75, 3.05) is 13.7 Å². The molecular formula is C13H15NO4. The number of nitrogens with zero attached hydrogens (tertiary/aromatic N) is 1. The zero-order valence-corrected chi connectivity index (χ0v) is 10.4. The van der Waals surface area contributed by atoms with Crippen LogP contribution >= 0.6 is 0 Å². The van der Waals surface area contributed by atoms with Crippen LogP contribution in [0.3, 0.4) is 0 Å². The summed E-state index contributed by atoms with van der Waals surface area (Å²) in [5.74, 6) is 0.908. The summed E-state index contributed by atoms with van der Waals surface area (Å²) in [6, 6.07) is 4.66. The molecule has 0 unspecified atom stereocenters. The van der Waals surface area contributed by atoms with Gasteiger partial charge in [0.25, 0.3) is 5.69 Å². The lowest BCUT2D eigenvalue weighted by Gasteiger charge is -2.03. The van der Waals surface area contributed by atoms with Crippen molar-refractivity contribution in [3.8, 4) is 5.75 Å². The summed E-state index contributed by atoms with van der Waals surface area (Å²) in [5, 5.41) is 10.9. The highest BCUT2D eigenvalue weighted by Crippen LogP contribution is 2.25. The van der Waals surface area contributed by atoms with Crippen molar-refractivity contribution >= 4 is 11.8 Å². The summed E-state index contributed by atoms with van der Waals surface area (Å²) in [7, 11) is 1.46. The molecule has 0 aliphatic carbocycles. The molecule has 0 bridgehead atoms. The van der Waals surface area contributed by atoms with Gasteiger partial charge in [-0.2, -0.15) is 0 Å². The van der Waals surface area contributed by atoms with E-state index in [-0.39, 0.29) is 5.69 Å². The third-order valence-electron chi connectivity index (χ3n) is 2.21. The Labute approximate surface area is 105 Å². The number of hydrogen-bond acceptors (Lipinski definition) is 4. The molecule has 0 spiro atoms. The minimum atomic E-state index is -0.453. The average Bonchev–Trinajstić information content (AvgIpc) is 2.36. The lowest BCUT2D eigenvalue weighted by atomic mass is 10.1. The number of nitro groups is 1. The van der Waals surface area contributed by atoms with Crippen molar-refractivity contribution < 1.29 is 14.4 Å². The lowest BCUT2D eigenvalue weighted by Crippen LogP contribution is -1.93. The number of rotatable bonds is 6. The molecule has 5 nitrogen and oxygen atoms in total. The second kappa shape index (κ2) is 6.44. The second-order valence-electron chi connectivity index (χ2n) is 3.41. The molecule has 1 aromatic rings. The van der Waals surface area contributed by atoms with Gasteiger partial charge in [-0.15, -0.1) is 0 Å². The number of nitro benzene ring substituents is 1. The van der Waals surface area contributed by atoms with Crippen LogP contribution in [-0.2, 0) is 4.74 Å². The first-order valence-electron chi connectivity index (χ1n) is 5.40. The smallest absolute Gasteiger partial charge is 0.280 e. The molecule has 0 aromatic heterocycles. The van der Waals surface area contributed by atoms with Crippen LogP contribution in [0.5, 0.6) is 5.75 Å². The number of benzene rings is 1. The van der Waals surface area contributed by atoms with Crippen molar-refractivity contribution in [2.45, 2.75) is 6.92 Å². The van der Waals surface area contributed by atoms with Crippen LogP contribution in [0.4, 0.5) is 5.69 Å². The van der Waals surface area contributed by atoms with Crippen LogP contribution in [0.15, 0.2) is 36.6 Å². The average molecular weight is 249 g/mol. The van der Waals surface area contributed by atoms with Gasteiger partial charge in [0.1, 0.15) is 11.5 Å². The molecule has 0 fully saturated rings. The third-order valence-corrected chi connectivity index (χ3v) is 2.21. The molecule has 0 heterocycles. The predicted molar refractivity (Wildman–Crippen MR) is 69.4 cm³/mol. The standard InChI is InChI=1S/C13H15NO4/c1-4-18-10(2)5-6-11-7-8-12(17-3)9-13(11)14(15)16/h5-9H,2,4H2,1,3H3/b6-5+. The normalized spacial score (nSPS) is 10.3. The minimum Gasteiger partial charge on any atom is -0.497 e. The van der Waals surface area contributed by atoms with Gasteiger partial charge in [-0.25, -0.2) is 0 Å². The van der Waals surface area contributed by atoms with Gasteiger partial charge >= 0.3 is 0 Å². The summed E-state index contributed by atoms with van der Waals surface area (Å²) >= 11 is 0. The Kier molecular flexibility index (Phi) is 4.92. The maximum Gasteiger partial charge on any atom is 0.280 e. The fraction of sp³-hybridized carbons (Fsp3) is 0.231. The second-order valence-corrected chi connectivity index (χ2v) is 3.41. The number of ether oxygens (including phenoxy) is 2. The van der Waals surface area contributed by atoms with Crippen LogP contribution in [0, 0.1) is 10.1 Å². The van der Waals surface area contributed by atoms with Crippen molar-refractivity contribution in [2.24, 2.45) is 0 Å². The quantitative estimate of drug-likeness (QED) is 0.336. The van der Waals surface area contributed by atoms with Gasteiger partial charge in [-0.1, -0.05) is 6.58 Å². The maximum absolute atomic E-state index is 10.9. The SMILES string of the molecule is C=C(/C=C/c1ccc(OC)cc1[N+](=O)[O-])OCC. The predicted octanol–water partition coefficient (Wildman–Crippen LogP) is 3.17. The number of hydrogen-bond donors (Lipinski definition) is 0. The van der Waals surface area contributed by atoms with Crippen LogP contribution < -0.4 is 4.74 Å². The van der Waals surface area contributed by atoms with E-state index in [0.29, 0.717) is 23.7 Å². The molecule has 1 rings (SSSR count). The highest BCUT2D eigenvalue weighted by Gasteiger charge is 2.12. The van der Waals surface area contributed by atoms with E-state index >= 15 is 0 Å². The monoisotopic (exact) mass is 249 g/mol. The van der Waals surface area contributed by atoms with Crippen molar-refractivity contribution in [1.82, 2.24) is 0 Å². The largest absolute Gasteiger partial charge is 0.497 e. The topological polar surface area (TPSA) is 61.6 Å². The first-order valence-corrected chi connectivity index (χ1v) is 5.40. The van der Waals surface area contributed by atoms with Gasteiger partial charge in [0.15, 0.2) is 0 Å². The van der Waals surface area contributed by atoms with E-state index in [1.54, 1.807) is 24.3 Å². The van der Waals surface area contributed by atoms with Crippen LogP contribution in [-0.4, -0.2) is 18.6 Å². The van der Waals surface area contributed by atoms with E-state index in [9.17, 15) is 10.1 Å². The molecule has 18 heavy (non-hydrogen) atoms. The maximum atomic E-state index is 10.9. The van der Waals surface area contributed by atoms with E-state index < -0.39 is 4.92 Å². The van der Waals surface area contributed by atoms with Gasteiger partial charge in [-0.05, 0) is 31.2 Å². The molecule has 0 saturated carbocycles. The molecule has 96 valence electrons. The zero-order chi connectivity index (χ0) is 13.5. The Morgan fingerprint density at radius 2 is 2.28 bits per heavy atom. The molecule has 0 saturated heterocycles. The van der Waals surface area contributed by atoms with E-state index in [4.69, 9.17) is 9.47 Å². The Hall–Kier alpha value is -2.30. The van der Waals surface area contributed by atoms with Crippen LogP contribution in [0.2, 0.25) is 0 Å². The van der Waals surface area contributed by atoms with Gasteiger partial charge in [0.05, 0.1) is 30.3 Å². The third kappa shape index (κ3) is 3.62. The molecule has 0 amide bonds. The highest BCUT2D eigenvalue weighted by atomic mass is 16.6. The summed E-state index contributed by atoms with van der Waals surface area (Å²) in [5.41, 5.74) is 0.455. The van der Waals surface area contributed by atoms with Crippen molar-refractivity contribution in [3.63, 3.8) is 0 Å². The lowest BCUT2D eigenvalue weighted by molar-refractivity contribution is -0.385. The molecular weight excluding hydrogens is 234 g/mol. The molecule has 0 N–H and O–H groups in total. The minimum absolute atomic E-state index is 0.0186. The fourth-order valence-corrected chi connectivity index (χ4v) is 1.37. The molecule has 0 aliphatic rings. The summed E-state index contributed by atoms with van der Waals surface area (Å²) < 4.78 is 10.1. The zero-order valence-electron chi connectivity index (χ0n) is 10.4. The molecule has 0 aliphatic heterocycles. The van der Waals surface area contributed by atoms with Crippen LogP contribution in [0.1, 0.15) is 12.5 Å². The van der Waals surface area contributed by atoms with E-state index in [1.807, 2.05) is 6.92 Å². The first-order chi connectivity index (χ1) is 8.58. The Bertz CT molecular complexity index is 480. The highest BCUT2D eigenvalue weighted by molar-refractivity contribution is 5.64. The number of allylic oxidation sites excluding steroid dienone is 1. The first kappa shape index (κ1) is 13.8. The van der Waals surface area contributed by atoms with Gasteiger partial charge in [-0.3, -0.25) is 10.1 Å².